The minimum absolute atomic E-state index is 0.258. The van der Waals surface area contributed by atoms with E-state index in [0.717, 1.165) is 15.6 Å². The maximum atomic E-state index is 11.5. The van der Waals surface area contributed by atoms with Gasteiger partial charge in [0.2, 0.25) is 0 Å². The van der Waals surface area contributed by atoms with Crippen molar-refractivity contribution in [1.29, 1.82) is 0 Å². The molecule has 108 valence electrons. The zero-order chi connectivity index (χ0) is 15.0. The second-order valence-electron chi connectivity index (χ2n) is 4.93. The van der Waals surface area contributed by atoms with Crippen LogP contribution in [0.1, 0.15) is 17.2 Å². The Morgan fingerprint density at radius 1 is 1.05 bits per heavy atom. The van der Waals surface area contributed by atoms with E-state index < -0.39 is 15.9 Å². The number of rotatable bonds is 3. The molecular weight excluding hydrogens is 304 g/mol. The summed E-state index contributed by atoms with van der Waals surface area (Å²) in [6.07, 6.45) is 0.417. The van der Waals surface area contributed by atoms with Crippen molar-refractivity contribution in [2.24, 2.45) is 0 Å². The van der Waals surface area contributed by atoms with Gasteiger partial charge in [0.25, 0.3) is 0 Å². The molecule has 0 radical (unpaired) electrons. The predicted octanol–water partition coefficient (Wildman–Crippen LogP) is 3.39. The van der Waals surface area contributed by atoms with E-state index in [1.807, 2.05) is 29.6 Å². The number of fused-ring (bicyclic) bond motifs is 1. The van der Waals surface area contributed by atoms with Crippen LogP contribution in [0.2, 0.25) is 0 Å². The Morgan fingerprint density at radius 2 is 1.71 bits per heavy atom. The molecule has 1 unspecified atom stereocenters. The van der Waals surface area contributed by atoms with E-state index in [1.54, 1.807) is 23.5 Å². The van der Waals surface area contributed by atoms with Crippen molar-refractivity contribution >= 4 is 31.3 Å². The van der Waals surface area contributed by atoms with Gasteiger partial charge >= 0.3 is 0 Å². The summed E-state index contributed by atoms with van der Waals surface area (Å²) in [7, 11) is -3.21. The molecule has 0 aliphatic carbocycles. The quantitative estimate of drug-likeness (QED) is 0.805. The van der Waals surface area contributed by atoms with E-state index in [9.17, 15) is 13.5 Å². The van der Waals surface area contributed by atoms with E-state index in [4.69, 9.17) is 0 Å². The summed E-state index contributed by atoms with van der Waals surface area (Å²) in [5, 5.41) is 13.5. The molecule has 0 aliphatic rings. The number of thiophene rings is 1. The highest BCUT2D eigenvalue weighted by atomic mass is 32.2. The minimum Gasteiger partial charge on any atom is -0.384 e. The van der Waals surface area contributed by atoms with Crippen LogP contribution < -0.4 is 0 Å². The lowest BCUT2D eigenvalue weighted by Gasteiger charge is -2.11. The van der Waals surface area contributed by atoms with Gasteiger partial charge in [0.1, 0.15) is 6.10 Å². The number of sulfone groups is 1. The average Bonchev–Trinajstić information content (AvgIpc) is 2.90. The van der Waals surface area contributed by atoms with Crippen LogP contribution in [0.15, 0.2) is 58.8 Å². The van der Waals surface area contributed by atoms with Gasteiger partial charge in [-0.3, -0.25) is 0 Å². The summed E-state index contributed by atoms with van der Waals surface area (Å²) in [4.78, 5) is 0.258. The summed E-state index contributed by atoms with van der Waals surface area (Å²) in [6, 6.07) is 14.3. The predicted molar refractivity (Wildman–Crippen MR) is 85.4 cm³/mol. The smallest absolute Gasteiger partial charge is 0.175 e. The zero-order valence-corrected chi connectivity index (χ0v) is 13.0. The number of hydrogen-bond donors (Lipinski definition) is 1. The first-order valence-electron chi connectivity index (χ1n) is 6.41. The van der Waals surface area contributed by atoms with Gasteiger partial charge < -0.3 is 5.11 Å². The van der Waals surface area contributed by atoms with Crippen LogP contribution in [0.5, 0.6) is 0 Å². The summed E-state index contributed by atoms with van der Waals surface area (Å²) in [5.74, 6) is 0. The Kier molecular flexibility index (Phi) is 3.57. The lowest BCUT2D eigenvalue weighted by molar-refractivity contribution is 0.222. The first-order valence-corrected chi connectivity index (χ1v) is 9.18. The maximum absolute atomic E-state index is 11.5. The van der Waals surface area contributed by atoms with Gasteiger partial charge in [-0.25, -0.2) is 8.42 Å². The molecule has 0 saturated heterocycles. The second kappa shape index (κ2) is 5.26. The fourth-order valence-electron chi connectivity index (χ4n) is 2.29. The molecule has 21 heavy (non-hydrogen) atoms. The van der Waals surface area contributed by atoms with Crippen molar-refractivity contribution in [3.05, 3.63) is 65.0 Å². The van der Waals surface area contributed by atoms with Gasteiger partial charge in [-0.2, -0.15) is 0 Å². The van der Waals surface area contributed by atoms with Crippen LogP contribution in [0.4, 0.5) is 0 Å². The molecule has 5 heteroatoms. The second-order valence-corrected chi connectivity index (χ2v) is 7.86. The van der Waals surface area contributed by atoms with Gasteiger partial charge in [0.15, 0.2) is 9.84 Å². The molecule has 0 spiro atoms. The Balaban J connectivity index is 2.00. The molecule has 0 saturated carbocycles. The third-order valence-corrected chi connectivity index (χ3v) is 5.54. The van der Waals surface area contributed by atoms with E-state index in [1.165, 1.54) is 18.4 Å². The molecule has 0 aliphatic heterocycles. The molecule has 0 bridgehead atoms. The van der Waals surface area contributed by atoms with Gasteiger partial charge in [-0.05, 0) is 34.5 Å². The Morgan fingerprint density at radius 3 is 2.38 bits per heavy atom. The summed E-state index contributed by atoms with van der Waals surface area (Å²) < 4.78 is 24.0. The molecular formula is C16H14O3S2. The Labute approximate surface area is 127 Å². The average molecular weight is 318 g/mol. The summed E-state index contributed by atoms with van der Waals surface area (Å²) in [6.45, 7) is 0. The van der Waals surface area contributed by atoms with Crippen molar-refractivity contribution in [3.8, 4) is 0 Å². The standard InChI is InChI=1S/C16H14O3S2/c1-21(18,19)12-8-6-11(7-9-12)16(17)14-10-20-15-5-3-2-4-13(14)15/h2-10,16-17H,1H3. The monoisotopic (exact) mass is 318 g/mol. The number of aliphatic hydroxyl groups excluding tert-OH is 1. The van der Waals surface area contributed by atoms with Gasteiger partial charge in [-0.15, -0.1) is 11.3 Å². The van der Waals surface area contributed by atoms with E-state index in [2.05, 4.69) is 0 Å². The lowest BCUT2D eigenvalue weighted by Crippen LogP contribution is -2.01. The van der Waals surface area contributed by atoms with Crippen LogP contribution in [0.3, 0.4) is 0 Å². The van der Waals surface area contributed by atoms with Gasteiger partial charge in [0, 0.05) is 16.5 Å². The maximum Gasteiger partial charge on any atom is 0.175 e. The van der Waals surface area contributed by atoms with Crippen LogP contribution in [0, 0.1) is 0 Å². The first kappa shape index (κ1) is 14.3. The highest BCUT2D eigenvalue weighted by Gasteiger charge is 2.16. The molecule has 2 aromatic carbocycles. The molecule has 3 aromatic rings. The SMILES string of the molecule is CS(=O)(=O)c1ccc(C(O)c2csc3ccccc23)cc1. The fraction of sp³-hybridized carbons (Fsp3) is 0.125. The largest absolute Gasteiger partial charge is 0.384 e. The van der Waals surface area contributed by atoms with Crippen LogP contribution in [0.25, 0.3) is 10.1 Å². The molecule has 1 heterocycles. The Hall–Kier alpha value is -1.69. The normalized spacial score (nSPS) is 13.4. The third-order valence-electron chi connectivity index (χ3n) is 3.43. The summed E-state index contributed by atoms with van der Waals surface area (Å²) in [5.41, 5.74) is 1.54. The zero-order valence-electron chi connectivity index (χ0n) is 11.4. The molecule has 1 atom stereocenters. The van der Waals surface area contributed by atoms with Crippen LogP contribution in [-0.2, 0) is 9.84 Å². The molecule has 0 fully saturated rings. The number of aliphatic hydroxyl groups is 1. The summed E-state index contributed by atoms with van der Waals surface area (Å²) >= 11 is 1.59. The molecule has 1 N–H and O–H groups in total. The van der Waals surface area contributed by atoms with Gasteiger partial charge in [-0.1, -0.05) is 30.3 Å². The molecule has 3 nitrogen and oxygen atoms in total. The third kappa shape index (κ3) is 2.72. The van der Waals surface area contributed by atoms with Crippen molar-refractivity contribution in [2.45, 2.75) is 11.0 Å². The highest BCUT2D eigenvalue weighted by Crippen LogP contribution is 2.33. The number of hydrogen-bond acceptors (Lipinski definition) is 4. The molecule has 3 rings (SSSR count). The fourth-order valence-corrected chi connectivity index (χ4v) is 3.90. The molecule has 1 aromatic heterocycles. The molecule has 0 amide bonds. The minimum atomic E-state index is -3.21. The van der Waals surface area contributed by atoms with Crippen molar-refractivity contribution < 1.29 is 13.5 Å². The van der Waals surface area contributed by atoms with E-state index in [-0.39, 0.29) is 4.90 Å². The van der Waals surface area contributed by atoms with Crippen molar-refractivity contribution in [3.63, 3.8) is 0 Å². The van der Waals surface area contributed by atoms with Crippen LogP contribution >= 0.6 is 11.3 Å². The number of benzene rings is 2. The van der Waals surface area contributed by atoms with Crippen molar-refractivity contribution in [2.75, 3.05) is 6.26 Å². The first-order chi connectivity index (χ1) is 9.97. The Bertz CT molecular complexity index is 877. The van der Waals surface area contributed by atoms with Crippen LogP contribution in [-0.4, -0.2) is 19.8 Å². The highest BCUT2D eigenvalue weighted by molar-refractivity contribution is 7.90. The van der Waals surface area contributed by atoms with Crippen molar-refractivity contribution in [1.82, 2.24) is 0 Å². The lowest BCUT2D eigenvalue weighted by atomic mass is 10.0. The van der Waals surface area contributed by atoms with Gasteiger partial charge in [0.05, 0.1) is 4.90 Å². The van der Waals surface area contributed by atoms with E-state index >= 15 is 0 Å². The topological polar surface area (TPSA) is 54.4 Å². The van der Waals surface area contributed by atoms with E-state index in [0.29, 0.717) is 5.56 Å².